The lowest BCUT2D eigenvalue weighted by molar-refractivity contribution is -0.147. The quantitative estimate of drug-likeness (QED) is 0.143. The summed E-state index contributed by atoms with van der Waals surface area (Å²) in [5, 5.41) is 9.66. The lowest BCUT2D eigenvalue weighted by atomic mass is 10.1. The predicted octanol–water partition coefficient (Wildman–Crippen LogP) is 5.29. The molecule has 1 unspecified atom stereocenters. The number of ether oxygens (including phenoxy) is 2. The molecule has 0 aromatic rings. The second kappa shape index (κ2) is 23.4. The number of carbonyl (C=O) groups is 1. The van der Waals surface area contributed by atoms with Crippen LogP contribution in [0.4, 0.5) is 0 Å². The van der Waals surface area contributed by atoms with E-state index in [0.29, 0.717) is 19.6 Å². The molecule has 1 atom stereocenters. The van der Waals surface area contributed by atoms with Crippen LogP contribution in [0.2, 0.25) is 0 Å². The number of carbonyl (C=O) groups excluding carboxylic acids is 1. The van der Waals surface area contributed by atoms with Gasteiger partial charge < -0.3 is 20.3 Å². The van der Waals surface area contributed by atoms with E-state index in [4.69, 9.17) is 15.2 Å². The largest absolute Gasteiger partial charge is 0.463 e. The first-order chi connectivity index (χ1) is 14.2. The molecule has 0 aliphatic rings. The number of nitrogens with two attached hydrogens (primary N) is 1. The Labute approximate surface area is 179 Å². The molecule has 3 N–H and O–H groups in total. The van der Waals surface area contributed by atoms with E-state index >= 15 is 0 Å². The third-order valence-electron chi connectivity index (χ3n) is 4.88. The summed E-state index contributed by atoms with van der Waals surface area (Å²) in [7, 11) is 0. The first-order valence-electron chi connectivity index (χ1n) is 12.0. The van der Waals surface area contributed by atoms with Gasteiger partial charge in [-0.05, 0) is 45.1 Å². The topological polar surface area (TPSA) is 81.8 Å². The summed E-state index contributed by atoms with van der Waals surface area (Å²) in [6.45, 7) is 3.54. The minimum atomic E-state index is -0.758. The summed E-state index contributed by atoms with van der Waals surface area (Å²) in [4.78, 5) is 11.7. The SMILES string of the molecule is CCCCCCCCC=CCCCCCCCC(=O)OCC(O)COCCCN. The van der Waals surface area contributed by atoms with Crippen LogP contribution in [0.5, 0.6) is 0 Å². The van der Waals surface area contributed by atoms with Crippen molar-refractivity contribution < 1.29 is 19.4 Å². The van der Waals surface area contributed by atoms with E-state index < -0.39 is 6.10 Å². The molecular weight excluding hydrogens is 366 g/mol. The second-order valence-corrected chi connectivity index (χ2v) is 7.89. The number of allylic oxidation sites excluding steroid dienone is 2. The van der Waals surface area contributed by atoms with Crippen molar-refractivity contribution in [3.05, 3.63) is 12.2 Å². The maximum atomic E-state index is 11.7. The summed E-state index contributed by atoms with van der Waals surface area (Å²) in [6.07, 6.45) is 21.2. The van der Waals surface area contributed by atoms with Crippen molar-refractivity contribution in [2.45, 2.75) is 109 Å². The molecule has 0 saturated heterocycles. The van der Waals surface area contributed by atoms with Gasteiger partial charge in [-0.2, -0.15) is 0 Å². The van der Waals surface area contributed by atoms with E-state index in [1.54, 1.807) is 0 Å². The van der Waals surface area contributed by atoms with Gasteiger partial charge in [-0.3, -0.25) is 4.79 Å². The van der Waals surface area contributed by atoms with Gasteiger partial charge in [0, 0.05) is 13.0 Å². The molecule has 29 heavy (non-hydrogen) atoms. The lowest BCUT2D eigenvalue weighted by Gasteiger charge is -2.11. The number of rotatable bonds is 22. The van der Waals surface area contributed by atoms with Crippen molar-refractivity contribution in [2.75, 3.05) is 26.4 Å². The molecule has 0 radical (unpaired) electrons. The zero-order valence-electron chi connectivity index (χ0n) is 18.9. The molecule has 0 aromatic carbocycles. The average Bonchev–Trinajstić information content (AvgIpc) is 2.72. The zero-order valence-corrected chi connectivity index (χ0v) is 18.9. The highest BCUT2D eigenvalue weighted by Gasteiger charge is 2.09. The van der Waals surface area contributed by atoms with Crippen molar-refractivity contribution in [3.63, 3.8) is 0 Å². The van der Waals surface area contributed by atoms with Gasteiger partial charge in [0.15, 0.2) is 0 Å². The number of aliphatic hydroxyl groups is 1. The molecule has 0 aliphatic heterocycles. The van der Waals surface area contributed by atoms with Gasteiger partial charge >= 0.3 is 5.97 Å². The molecule has 172 valence electrons. The third-order valence-corrected chi connectivity index (χ3v) is 4.88. The Bertz CT molecular complexity index is 374. The van der Waals surface area contributed by atoms with Crippen LogP contribution in [0.15, 0.2) is 12.2 Å². The van der Waals surface area contributed by atoms with Gasteiger partial charge in [0.2, 0.25) is 0 Å². The molecular formula is C24H47NO4. The maximum Gasteiger partial charge on any atom is 0.305 e. The van der Waals surface area contributed by atoms with E-state index in [1.807, 2.05) is 0 Å². The van der Waals surface area contributed by atoms with Gasteiger partial charge in [0.25, 0.3) is 0 Å². The molecule has 0 bridgehead atoms. The van der Waals surface area contributed by atoms with Crippen LogP contribution in [0.25, 0.3) is 0 Å². The molecule has 0 saturated carbocycles. The first kappa shape index (κ1) is 28.1. The zero-order chi connectivity index (χ0) is 21.4. The Morgan fingerprint density at radius 3 is 2.07 bits per heavy atom. The average molecular weight is 414 g/mol. The second-order valence-electron chi connectivity index (χ2n) is 7.89. The van der Waals surface area contributed by atoms with Gasteiger partial charge in [0.05, 0.1) is 6.61 Å². The van der Waals surface area contributed by atoms with Crippen molar-refractivity contribution >= 4 is 5.97 Å². The van der Waals surface area contributed by atoms with Crippen molar-refractivity contribution in [2.24, 2.45) is 5.73 Å². The van der Waals surface area contributed by atoms with E-state index in [-0.39, 0.29) is 19.2 Å². The highest BCUT2D eigenvalue weighted by Crippen LogP contribution is 2.10. The van der Waals surface area contributed by atoms with Crippen LogP contribution in [0.1, 0.15) is 103 Å². The number of hydrogen-bond donors (Lipinski definition) is 2. The van der Waals surface area contributed by atoms with Crippen LogP contribution in [-0.4, -0.2) is 43.5 Å². The highest BCUT2D eigenvalue weighted by atomic mass is 16.5. The van der Waals surface area contributed by atoms with Crippen molar-refractivity contribution in [1.29, 1.82) is 0 Å². The summed E-state index contributed by atoms with van der Waals surface area (Å²) < 4.78 is 10.3. The smallest absolute Gasteiger partial charge is 0.305 e. The van der Waals surface area contributed by atoms with Crippen LogP contribution >= 0.6 is 0 Å². The Kier molecular flexibility index (Phi) is 22.6. The predicted molar refractivity (Wildman–Crippen MR) is 121 cm³/mol. The van der Waals surface area contributed by atoms with Crippen molar-refractivity contribution in [3.8, 4) is 0 Å². The Morgan fingerprint density at radius 1 is 0.862 bits per heavy atom. The molecule has 0 amide bonds. The van der Waals surface area contributed by atoms with Gasteiger partial charge in [-0.15, -0.1) is 0 Å². The lowest BCUT2D eigenvalue weighted by Crippen LogP contribution is -2.24. The number of unbranched alkanes of at least 4 members (excludes halogenated alkanes) is 11. The Hall–Kier alpha value is -0.910. The molecule has 0 rings (SSSR count). The van der Waals surface area contributed by atoms with Gasteiger partial charge in [-0.25, -0.2) is 0 Å². The number of aliphatic hydroxyl groups excluding tert-OH is 1. The maximum absolute atomic E-state index is 11.7. The highest BCUT2D eigenvalue weighted by molar-refractivity contribution is 5.69. The summed E-state index contributed by atoms with van der Waals surface area (Å²) in [5.41, 5.74) is 5.36. The van der Waals surface area contributed by atoms with E-state index in [0.717, 1.165) is 25.7 Å². The molecule has 0 heterocycles. The minimum absolute atomic E-state index is 0.00648. The molecule has 5 heteroatoms. The summed E-state index contributed by atoms with van der Waals surface area (Å²) >= 11 is 0. The first-order valence-corrected chi connectivity index (χ1v) is 12.0. The molecule has 5 nitrogen and oxygen atoms in total. The van der Waals surface area contributed by atoms with Crippen LogP contribution in [0, 0.1) is 0 Å². The fourth-order valence-corrected chi connectivity index (χ4v) is 3.05. The molecule has 0 aromatic heterocycles. The van der Waals surface area contributed by atoms with Crippen molar-refractivity contribution in [1.82, 2.24) is 0 Å². The van der Waals surface area contributed by atoms with Gasteiger partial charge in [0.1, 0.15) is 12.7 Å². The monoisotopic (exact) mass is 413 g/mol. The fourth-order valence-electron chi connectivity index (χ4n) is 3.05. The minimum Gasteiger partial charge on any atom is -0.463 e. The molecule has 0 spiro atoms. The van der Waals surface area contributed by atoms with E-state index in [9.17, 15) is 9.90 Å². The van der Waals surface area contributed by atoms with E-state index in [2.05, 4.69) is 19.1 Å². The van der Waals surface area contributed by atoms with Crippen LogP contribution in [-0.2, 0) is 14.3 Å². The summed E-state index contributed by atoms with van der Waals surface area (Å²) in [5.74, 6) is -0.233. The standard InChI is InChI=1S/C24H47NO4/c1-2-3-4-5-6-7-8-9-10-11-12-13-14-15-16-18-24(27)29-22-23(26)21-28-20-17-19-25/h9-10,23,26H,2-8,11-22,25H2,1H3. The third kappa shape index (κ3) is 23.2. The Morgan fingerprint density at radius 2 is 1.45 bits per heavy atom. The normalized spacial score (nSPS) is 12.5. The van der Waals surface area contributed by atoms with E-state index in [1.165, 1.54) is 64.2 Å². The Balaban J connectivity index is 3.31. The fraction of sp³-hybridized carbons (Fsp3) is 0.875. The van der Waals surface area contributed by atoms with Gasteiger partial charge in [-0.1, -0.05) is 70.4 Å². The van der Waals surface area contributed by atoms with Crippen LogP contribution in [0.3, 0.4) is 0 Å². The molecule has 0 fully saturated rings. The molecule has 0 aliphatic carbocycles. The summed E-state index contributed by atoms with van der Waals surface area (Å²) in [6, 6.07) is 0. The number of esters is 1. The number of hydrogen-bond acceptors (Lipinski definition) is 5. The van der Waals surface area contributed by atoms with Crippen LogP contribution < -0.4 is 5.73 Å².